The predicted molar refractivity (Wildman–Crippen MR) is 150 cm³/mol. The number of phenols is 1. The number of halogens is 3. The Hall–Kier alpha value is -3.62. The van der Waals surface area contributed by atoms with E-state index in [1.165, 1.54) is 12.1 Å². The SMILES string of the molecule is CC(C)(C)N1N=C(C(=O)NCCc2ccc(O)cc2)C(c2cccc(Cl)c2F)C12C(=O)Nc1cc(Cl)ccc12. The van der Waals surface area contributed by atoms with Crippen LogP contribution in [-0.2, 0) is 21.5 Å². The summed E-state index contributed by atoms with van der Waals surface area (Å²) in [6.45, 7) is 5.87. The van der Waals surface area contributed by atoms with Crippen molar-refractivity contribution in [1.82, 2.24) is 10.3 Å². The Bertz CT molecular complexity index is 1500. The van der Waals surface area contributed by atoms with E-state index in [9.17, 15) is 14.7 Å². The second kappa shape index (κ2) is 9.84. The van der Waals surface area contributed by atoms with Gasteiger partial charge in [-0.15, -0.1) is 0 Å². The molecule has 2 amide bonds. The summed E-state index contributed by atoms with van der Waals surface area (Å²) in [6.07, 6.45) is 0.492. The fourth-order valence-corrected chi connectivity index (χ4v) is 5.75. The van der Waals surface area contributed by atoms with Gasteiger partial charge in [0.15, 0.2) is 5.54 Å². The first-order chi connectivity index (χ1) is 18.4. The Balaban J connectivity index is 1.63. The molecule has 2 aliphatic heterocycles. The molecule has 0 radical (unpaired) electrons. The zero-order valence-corrected chi connectivity index (χ0v) is 23.1. The molecule has 202 valence electrons. The number of carbonyl (C=O) groups excluding carboxylic acids is 2. The molecule has 5 rings (SSSR count). The van der Waals surface area contributed by atoms with Crippen molar-refractivity contribution >= 4 is 46.4 Å². The van der Waals surface area contributed by atoms with E-state index in [2.05, 4.69) is 10.6 Å². The number of fused-ring (bicyclic) bond motifs is 2. The van der Waals surface area contributed by atoms with E-state index in [1.807, 2.05) is 20.8 Å². The van der Waals surface area contributed by atoms with Crippen LogP contribution in [0.25, 0.3) is 0 Å². The van der Waals surface area contributed by atoms with Gasteiger partial charge in [0.2, 0.25) is 0 Å². The number of carbonyl (C=O) groups is 2. The minimum absolute atomic E-state index is 0.00486. The summed E-state index contributed by atoms with van der Waals surface area (Å²) >= 11 is 12.4. The van der Waals surface area contributed by atoms with Gasteiger partial charge in [0.05, 0.1) is 16.5 Å². The Kier molecular flexibility index (Phi) is 6.81. The molecule has 0 saturated heterocycles. The lowest BCUT2D eigenvalue weighted by Crippen LogP contribution is -2.56. The van der Waals surface area contributed by atoms with Crippen LogP contribution in [0, 0.1) is 5.82 Å². The van der Waals surface area contributed by atoms with Crippen LogP contribution in [0.4, 0.5) is 10.1 Å². The van der Waals surface area contributed by atoms with Gasteiger partial charge in [-0.2, -0.15) is 5.10 Å². The number of hydrogen-bond donors (Lipinski definition) is 3. The Morgan fingerprint density at radius 3 is 2.56 bits per heavy atom. The first-order valence-electron chi connectivity index (χ1n) is 12.4. The molecule has 7 nitrogen and oxygen atoms in total. The lowest BCUT2D eigenvalue weighted by molar-refractivity contribution is -0.131. The molecule has 0 saturated carbocycles. The first kappa shape index (κ1) is 27.0. The maximum absolute atomic E-state index is 15.7. The van der Waals surface area contributed by atoms with E-state index >= 15 is 4.39 Å². The summed E-state index contributed by atoms with van der Waals surface area (Å²) in [7, 11) is 0. The van der Waals surface area contributed by atoms with Crippen molar-refractivity contribution in [3.05, 3.63) is 93.2 Å². The van der Waals surface area contributed by atoms with Gasteiger partial charge in [0, 0.05) is 28.4 Å². The number of anilines is 1. The lowest BCUT2D eigenvalue weighted by Gasteiger charge is -2.44. The molecule has 3 aromatic carbocycles. The third-order valence-corrected chi connectivity index (χ3v) is 7.54. The summed E-state index contributed by atoms with van der Waals surface area (Å²) in [5.41, 5.74) is -0.333. The Labute approximate surface area is 235 Å². The molecule has 0 bridgehead atoms. The zero-order chi connectivity index (χ0) is 28.1. The molecule has 2 aliphatic rings. The smallest absolute Gasteiger partial charge is 0.268 e. The van der Waals surface area contributed by atoms with Gasteiger partial charge in [-0.05, 0) is 63.1 Å². The Morgan fingerprint density at radius 1 is 1.15 bits per heavy atom. The highest BCUT2D eigenvalue weighted by atomic mass is 35.5. The van der Waals surface area contributed by atoms with E-state index in [4.69, 9.17) is 28.3 Å². The fraction of sp³-hybridized carbons (Fsp3) is 0.276. The van der Waals surface area contributed by atoms with E-state index in [1.54, 1.807) is 53.5 Å². The maximum Gasteiger partial charge on any atom is 0.268 e. The minimum Gasteiger partial charge on any atom is -0.508 e. The molecule has 2 atom stereocenters. The van der Waals surface area contributed by atoms with Crippen LogP contribution in [0.5, 0.6) is 5.75 Å². The summed E-state index contributed by atoms with van der Waals surface area (Å²) in [5, 5.41) is 21.9. The first-order valence-corrected chi connectivity index (χ1v) is 13.2. The van der Waals surface area contributed by atoms with Gasteiger partial charge in [0.25, 0.3) is 11.8 Å². The van der Waals surface area contributed by atoms with Crippen LogP contribution in [0.1, 0.15) is 43.4 Å². The molecular formula is C29H27Cl2FN4O3. The number of hydrazone groups is 1. The summed E-state index contributed by atoms with van der Waals surface area (Å²) < 4.78 is 15.7. The molecule has 3 aromatic rings. The van der Waals surface area contributed by atoms with Crippen molar-refractivity contribution in [3.63, 3.8) is 0 Å². The zero-order valence-electron chi connectivity index (χ0n) is 21.6. The molecule has 2 unspecified atom stereocenters. The number of amides is 2. The van der Waals surface area contributed by atoms with Gasteiger partial charge in [0.1, 0.15) is 17.3 Å². The Morgan fingerprint density at radius 2 is 1.87 bits per heavy atom. The topological polar surface area (TPSA) is 94.0 Å². The number of benzene rings is 3. The van der Waals surface area contributed by atoms with Gasteiger partial charge >= 0.3 is 0 Å². The van der Waals surface area contributed by atoms with Crippen LogP contribution in [0.2, 0.25) is 10.0 Å². The highest BCUT2D eigenvalue weighted by Crippen LogP contribution is 2.56. The van der Waals surface area contributed by atoms with E-state index in [0.29, 0.717) is 22.7 Å². The highest BCUT2D eigenvalue weighted by Gasteiger charge is 2.65. The third-order valence-electron chi connectivity index (χ3n) is 7.02. The van der Waals surface area contributed by atoms with Gasteiger partial charge in [-0.1, -0.05) is 53.5 Å². The maximum atomic E-state index is 15.7. The van der Waals surface area contributed by atoms with E-state index < -0.39 is 34.6 Å². The largest absolute Gasteiger partial charge is 0.508 e. The van der Waals surface area contributed by atoms with Crippen molar-refractivity contribution in [1.29, 1.82) is 0 Å². The lowest BCUT2D eigenvalue weighted by atomic mass is 9.71. The second-order valence-corrected chi connectivity index (χ2v) is 11.5. The molecule has 0 fully saturated rings. The molecule has 39 heavy (non-hydrogen) atoms. The molecule has 1 spiro atoms. The van der Waals surface area contributed by atoms with Crippen LogP contribution >= 0.6 is 23.2 Å². The van der Waals surface area contributed by atoms with Crippen LogP contribution in [0.15, 0.2) is 65.8 Å². The van der Waals surface area contributed by atoms with Crippen molar-refractivity contribution < 1.29 is 19.1 Å². The quantitative estimate of drug-likeness (QED) is 0.373. The average Bonchev–Trinajstić information content (AvgIpc) is 3.37. The molecule has 0 aliphatic carbocycles. The molecule has 0 aromatic heterocycles. The number of aromatic hydroxyl groups is 1. The van der Waals surface area contributed by atoms with Crippen LogP contribution in [-0.4, -0.2) is 39.7 Å². The van der Waals surface area contributed by atoms with Crippen LogP contribution in [0.3, 0.4) is 0 Å². The highest BCUT2D eigenvalue weighted by molar-refractivity contribution is 6.43. The van der Waals surface area contributed by atoms with Gasteiger partial charge in [-0.3, -0.25) is 14.6 Å². The fourth-order valence-electron chi connectivity index (χ4n) is 5.40. The molecular weight excluding hydrogens is 542 g/mol. The summed E-state index contributed by atoms with van der Waals surface area (Å²) in [5.74, 6) is -2.67. The standard InChI is InChI=1S/C29H27Cl2FN4O3/c1-28(2,3)36-29(20-12-9-17(30)15-22(20)34-27(29)39)23(19-5-4-6-21(31)24(19)32)25(35-36)26(38)33-14-13-16-7-10-18(37)11-8-16/h4-12,15,23,37H,13-14H2,1-3H3,(H,33,38)(H,34,39). The molecule has 10 heteroatoms. The normalized spacial score (nSPS) is 20.2. The average molecular weight is 569 g/mol. The van der Waals surface area contributed by atoms with Crippen molar-refractivity contribution in [2.24, 2.45) is 5.10 Å². The van der Waals surface area contributed by atoms with E-state index in [-0.39, 0.29) is 28.6 Å². The minimum atomic E-state index is -1.58. The number of phenolic OH excluding ortho intramolecular Hbond substituents is 1. The van der Waals surface area contributed by atoms with Crippen molar-refractivity contribution in [2.75, 3.05) is 11.9 Å². The molecule has 2 heterocycles. The van der Waals surface area contributed by atoms with E-state index in [0.717, 1.165) is 5.56 Å². The summed E-state index contributed by atoms with van der Waals surface area (Å²) in [4.78, 5) is 27.8. The molecule has 3 N–H and O–H groups in total. The second-order valence-electron chi connectivity index (χ2n) is 10.6. The van der Waals surface area contributed by atoms with Crippen molar-refractivity contribution in [2.45, 2.75) is 44.2 Å². The summed E-state index contributed by atoms with van der Waals surface area (Å²) in [6, 6.07) is 16.2. The van der Waals surface area contributed by atoms with Gasteiger partial charge < -0.3 is 15.7 Å². The predicted octanol–water partition coefficient (Wildman–Crippen LogP) is 5.60. The number of hydrogen-bond acceptors (Lipinski definition) is 5. The monoisotopic (exact) mass is 568 g/mol. The van der Waals surface area contributed by atoms with Gasteiger partial charge in [-0.25, -0.2) is 4.39 Å². The van der Waals surface area contributed by atoms with Crippen LogP contribution < -0.4 is 10.6 Å². The number of rotatable bonds is 5. The third kappa shape index (κ3) is 4.51. The van der Waals surface area contributed by atoms with Crippen molar-refractivity contribution in [3.8, 4) is 5.75 Å². The number of nitrogens with zero attached hydrogens (tertiary/aromatic N) is 2. The number of nitrogens with one attached hydrogen (secondary N) is 2.